The molecule has 1 saturated carbocycles. The Balaban J connectivity index is 1.80. The maximum Gasteiger partial charge on any atom is 0.0604 e. The van der Waals surface area contributed by atoms with Gasteiger partial charge in [-0.3, -0.25) is 4.90 Å². The predicted molar refractivity (Wildman–Crippen MR) is 71.3 cm³/mol. The summed E-state index contributed by atoms with van der Waals surface area (Å²) in [5.41, 5.74) is 0. The highest BCUT2D eigenvalue weighted by Crippen LogP contribution is 2.29. The highest BCUT2D eigenvalue weighted by molar-refractivity contribution is 4.91. The summed E-state index contributed by atoms with van der Waals surface area (Å²) < 4.78 is 5.66. The summed E-state index contributed by atoms with van der Waals surface area (Å²) in [5.74, 6) is 0.735. The summed E-state index contributed by atoms with van der Waals surface area (Å²) in [6, 6.07) is 1.45. The Bertz CT molecular complexity index is 226. The quantitative estimate of drug-likeness (QED) is 0.812. The molecule has 1 atom stereocenters. The van der Waals surface area contributed by atoms with E-state index in [1.165, 1.54) is 38.9 Å². The minimum Gasteiger partial charge on any atom is -0.378 e. The second-order valence-corrected chi connectivity index (χ2v) is 5.86. The Morgan fingerprint density at radius 2 is 2.12 bits per heavy atom. The van der Waals surface area contributed by atoms with Crippen LogP contribution in [0.25, 0.3) is 0 Å². The van der Waals surface area contributed by atoms with Gasteiger partial charge in [0.1, 0.15) is 0 Å². The molecule has 0 aromatic heterocycles. The molecule has 17 heavy (non-hydrogen) atoms. The molecule has 2 aliphatic rings. The first kappa shape index (κ1) is 13.3. The van der Waals surface area contributed by atoms with Gasteiger partial charge in [0.2, 0.25) is 0 Å². The fourth-order valence-electron chi connectivity index (χ4n) is 2.96. The Hall–Kier alpha value is -0.120. The van der Waals surface area contributed by atoms with Crippen molar-refractivity contribution in [2.45, 2.75) is 58.2 Å². The summed E-state index contributed by atoms with van der Waals surface area (Å²) in [5, 5.41) is 3.68. The van der Waals surface area contributed by atoms with E-state index in [1.807, 2.05) is 0 Å². The second kappa shape index (κ2) is 6.17. The van der Waals surface area contributed by atoms with Crippen molar-refractivity contribution >= 4 is 0 Å². The van der Waals surface area contributed by atoms with Crippen molar-refractivity contribution in [3.8, 4) is 0 Å². The van der Waals surface area contributed by atoms with Crippen LogP contribution in [0.15, 0.2) is 0 Å². The molecule has 3 heteroatoms. The van der Waals surface area contributed by atoms with Crippen molar-refractivity contribution in [1.82, 2.24) is 10.2 Å². The monoisotopic (exact) mass is 240 g/mol. The van der Waals surface area contributed by atoms with Crippen molar-refractivity contribution in [1.29, 1.82) is 0 Å². The van der Waals surface area contributed by atoms with E-state index in [-0.39, 0.29) is 0 Å². The summed E-state index contributed by atoms with van der Waals surface area (Å²) >= 11 is 0. The van der Waals surface area contributed by atoms with Gasteiger partial charge in [0.15, 0.2) is 0 Å². The minimum atomic E-state index is 0.540. The van der Waals surface area contributed by atoms with Gasteiger partial charge in [0.05, 0.1) is 6.10 Å². The third kappa shape index (κ3) is 3.43. The van der Waals surface area contributed by atoms with E-state index in [0.717, 1.165) is 18.6 Å². The summed E-state index contributed by atoms with van der Waals surface area (Å²) in [4.78, 5) is 2.69. The number of ether oxygens (including phenoxy) is 1. The van der Waals surface area contributed by atoms with E-state index in [2.05, 4.69) is 31.0 Å². The SMILES string of the molecule is CCOC1CC(N2CCCNC(C(C)C)C2)C1. The van der Waals surface area contributed by atoms with Crippen LogP contribution in [0.2, 0.25) is 0 Å². The third-order valence-corrected chi connectivity index (χ3v) is 4.25. The summed E-state index contributed by atoms with van der Waals surface area (Å²) in [6.07, 6.45) is 4.33. The zero-order valence-electron chi connectivity index (χ0n) is 11.6. The van der Waals surface area contributed by atoms with Crippen LogP contribution >= 0.6 is 0 Å². The molecule has 1 aliphatic carbocycles. The average molecular weight is 240 g/mol. The first-order valence-corrected chi connectivity index (χ1v) is 7.29. The van der Waals surface area contributed by atoms with Gasteiger partial charge in [0.25, 0.3) is 0 Å². The molecule has 0 bridgehead atoms. The molecular weight excluding hydrogens is 212 g/mol. The van der Waals surface area contributed by atoms with Crippen molar-refractivity contribution in [2.24, 2.45) is 5.92 Å². The molecule has 0 spiro atoms. The lowest BCUT2D eigenvalue weighted by Gasteiger charge is -2.43. The molecule has 2 rings (SSSR count). The Morgan fingerprint density at radius 1 is 1.35 bits per heavy atom. The molecule has 1 aliphatic heterocycles. The smallest absolute Gasteiger partial charge is 0.0604 e. The first-order valence-electron chi connectivity index (χ1n) is 7.29. The van der Waals surface area contributed by atoms with Crippen LogP contribution in [0.1, 0.15) is 40.0 Å². The van der Waals surface area contributed by atoms with Crippen LogP contribution in [0.4, 0.5) is 0 Å². The van der Waals surface area contributed by atoms with Crippen molar-refractivity contribution in [3.63, 3.8) is 0 Å². The molecule has 0 radical (unpaired) electrons. The normalized spacial score (nSPS) is 35.6. The van der Waals surface area contributed by atoms with Crippen LogP contribution in [0.5, 0.6) is 0 Å². The molecule has 1 heterocycles. The Morgan fingerprint density at radius 3 is 2.76 bits per heavy atom. The number of hydrogen-bond donors (Lipinski definition) is 1. The fourth-order valence-corrected chi connectivity index (χ4v) is 2.96. The standard InChI is InChI=1S/C14H28N2O/c1-4-17-13-8-12(9-13)16-7-5-6-15-14(10-16)11(2)3/h11-15H,4-10H2,1-3H3. The van der Waals surface area contributed by atoms with Gasteiger partial charge < -0.3 is 10.1 Å². The van der Waals surface area contributed by atoms with Gasteiger partial charge in [-0.15, -0.1) is 0 Å². The molecule has 3 nitrogen and oxygen atoms in total. The molecule has 0 aromatic rings. The molecule has 1 saturated heterocycles. The maximum atomic E-state index is 5.66. The lowest BCUT2D eigenvalue weighted by molar-refractivity contribution is -0.0473. The summed E-state index contributed by atoms with van der Waals surface area (Å²) in [6.45, 7) is 11.3. The largest absolute Gasteiger partial charge is 0.378 e. The van der Waals surface area contributed by atoms with Crippen molar-refractivity contribution < 1.29 is 4.74 Å². The average Bonchev–Trinajstić information content (AvgIpc) is 2.48. The van der Waals surface area contributed by atoms with Crippen LogP contribution < -0.4 is 5.32 Å². The molecule has 0 aromatic carbocycles. The lowest BCUT2D eigenvalue weighted by Crippen LogP contribution is -2.51. The van der Waals surface area contributed by atoms with Gasteiger partial charge >= 0.3 is 0 Å². The molecule has 2 fully saturated rings. The predicted octanol–water partition coefficient (Wildman–Crippen LogP) is 1.87. The van der Waals surface area contributed by atoms with Gasteiger partial charge in [0, 0.05) is 25.2 Å². The molecular formula is C14H28N2O. The zero-order valence-corrected chi connectivity index (χ0v) is 11.6. The molecule has 100 valence electrons. The van der Waals surface area contributed by atoms with E-state index in [9.17, 15) is 0 Å². The van der Waals surface area contributed by atoms with Crippen LogP contribution in [-0.4, -0.2) is 49.3 Å². The topological polar surface area (TPSA) is 24.5 Å². The number of nitrogens with zero attached hydrogens (tertiary/aromatic N) is 1. The van der Waals surface area contributed by atoms with Crippen LogP contribution in [-0.2, 0) is 4.74 Å². The highest BCUT2D eigenvalue weighted by atomic mass is 16.5. The Kier molecular flexibility index (Phi) is 4.83. The third-order valence-electron chi connectivity index (χ3n) is 4.25. The second-order valence-electron chi connectivity index (χ2n) is 5.86. The molecule has 1 N–H and O–H groups in total. The van der Waals surface area contributed by atoms with Gasteiger partial charge in [-0.05, 0) is 45.2 Å². The lowest BCUT2D eigenvalue weighted by atomic mass is 9.87. The van der Waals surface area contributed by atoms with Crippen LogP contribution in [0.3, 0.4) is 0 Å². The highest BCUT2D eigenvalue weighted by Gasteiger charge is 2.35. The van der Waals surface area contributed by atoms with Crippen LogP contribution in [0, 0.1) is 5.92 Å². The summed E-state index contributed by atoms with van der Waals surface area (Å²) in [7, 11) is 0. The van der Waals surface area contributed by atoms with Gasteiger partial charge in [-0.2, -0.15) is 0 Å². The zero-order chi connectivity index (χ0) is 12.3. The van der Waals surface area contributed by atoms with Crippen molar-refractivity contribution in [3.05, 3.63) is 0 Å². The number of hydrogen-bond acceptors (Lipinski definition) is 3. The molecule has 1 unspecified atom stereocenters. The van der Waals surface area contributed by atoms with Gasteiger partial charge in [-0.25, -0.2) is 0 Å². The first-order chi connectivity index (χ1) is 8.20. The molecule has 0 amide bonds. The van der Waals surface area contributed by atoms with E-state index in [0.29, 0.717) is 12.1 Å². The van der Waals surface area contributed by atoms with Crippen molar-refractivity contribution in [2.75, 3.05) is 26.2 Å². The van der Waals surface area contributed by atoms with E-state index in [1.54, 1.807) is 0 Å². The Labute approximate surface area is 106 Å². The number of nitrogens with one attached hydrogen (secondary N) is 1. The number of rotatable bonds is 4. The van der Waals surface area contributed by atoms with E-state index < -0.39 is 0 Å². The fraction of sp³-hybridized carbons (Fsp3) is 1.00. The maximum absolute atomic E-state index is 5.66. The van der Waals surface area contributed by atoms with Gasteiger partial charge in [-0.1, -0.05) is 13.8 Å². The van der Waals surface area contributed by atoms with E-state index in [4.69, 9.17) is 4.74 Å². The minimum absolute atomic E-state index is 0.540. The van der Waals surface area contributed by atoms with E-state index >= 15 is 0 Å².